The lowest BCUT2D eigenvalue weighted by molar-refractivity contribution is -0.134. The summed E-state index contributed by atoms with van der Waals surface area (Å²) in [6, 6.07) is 29.6. The number of carboxylic acids is 1. The molecule has 0 bridgehead atoms. The summed E-state index contributed by atoms with van der Waals surface area (Å²) in [4.78, 5) is 67.4. The van der Waals surface area contributed by atoms with Gasteiger partial charge in [-0.15, -0.1) is 0 Å². The fourth-order valence-corrected chi connectivity index (χ4v) is 12.6. The van der Waals surface area contributed by atoms with Gasteiger partial charge in [-0.25, -0.2) is 14.8 Å². The number of ether oxygens (including phenoxy) is 1. The van der Waals surface area contributed by atoms with Gasteiger partial charge in [0.2, 0.25) is 11.8 Å². The van der Waals surface area contributed by atoms with Gasteiger partial charge in [0.05, 0.1) is 33.4 Å². The number of piperidine rings is 1. The fraction of sp³-hybridized carbons (Fsp3) is 0.397. The standard InChI is InChI=1S/C58H63N9O6S/c1-35(33-65-28-30-66(31-29-65)39-18-21-44-48(32-39)64(3)63-53(44)45-23-25-52(68)61-56(45)70)14-15-37-16-19-40(20-17-37)73-49-12-7-9-41(36(49)2)42-22-24-51(60-54(42)57(71)72)67-27-26-38-8-6-10-43(46(38)34-67)55(69)62-58-59-47-11-4-5-13-50(47)74-58/h4-13,18,21-22,24,32,35,37,40,45H,14-17,19-20,23,25-31,33-34H2,1-3H3,(H,71,72)(H,59,62,69)(H,61,68,70)/t35-,37-,40-,45?/m1/s1. The number of imide groups is 1. The van der Waals surface area contributed by atoms with Crippen LogP contribution in [0.4, 0.5) is 16.6 Å². The molecular formula is C58H63N9O6S. The molecule has 11 rings (SSSR count). The second kappa shape index (κ2) is 21.0. The first-order chi connectivity index (χ1) is 35.9. The maximum atomic E-state index is 13.7. The number of aryl methyl sites for hydroxylation is 1. The molecule has 74 heavy (non-hydrogen) atoms. The molecule has 2 saturated heterocycles. The molecular weight excluding hydrogens is 951 g/mol. The highest BCUT2D eigenvalue weighted by Gasteiger charge is 2.33. The molecule has 382 valence electrons. The Labute approximate surface area is 434 Å². The number of benzene rings is 4. The first-order valence-corrected chi connectivity index (χ1v) is 27.0. The minimum atomic E-state index is -1.10. The van der Waals surface area contributed by atoms with Crippen LogP contribution >= 0.6 is 11.3 Å². The van der Waals surface area contributed by atoms with Crippen molar-refractivity contribution in [3.05, 3.63) is 125 Å². The van der Waals surface area contributed by atoms with Gasteiger partial charge in [-0.2, -0.15) is 5.10 Å². The summed E-state index contributed by atoms with van der Waals surface area (Å²) in [5, 5.41) is 22.3. The molecule has 0 spiro atoms. The van der Waals surface area contributed by atoms with Crippen molar-refractivity contribution >= 4 is 72.8 Å². The van der Waals surface area contributed by atoms with Crippen molar-refractivity contribution in [3.63, 3.8) is 0 Å². The SMILES string of the molecule is Cc1c(O[C@H]2CC[C@H](CC[C@@H](C)CN3CCN(c4ccc5c(C6CCC(=O)NC6=O)nn(C)c5c4)CC3)CC2)cccc1-c1ccc(N2CCc3cccc(C(=O)Nc4nc5ccccc5s4)c3C2)nc1C(=O)O. The molecule has 6 heterocycles. The van der Waals surface area contributed by atoms with Crippen molar-refractivity contribution in [1.29, 1.82) is 0 Å². The number of anilines is 3. The third kappa shape index (κ3) is 10.2. The van der Waals surface area contributed by atoms with E-state index in [4.69, 9.17) is 14.8 Å². The normalized spacial score (nSPS) is 19.9. The van der Waals surface area contributed by atoms with Crippen molar-refractivity contribution in [3.8, 4) is 16.9 Å². The van der Waals surface area contributed by atoms with Crippen molar-refractivity contribution in [2.75, 3.05) is 54.4 Å². The van der Waals surface area contributed by atoms with Crippen LogP contribution in [0.5, 0.6) is 5.75 Å². The quantitative estimate of drug-likeness (QED) is 0.0882. The van der Waals surface area contributed by atoms with E-state index in [1.165, 1.54) is 29.9 Å². The molecule has 2 atom stereocenters. The van der Waals surface area contributed by atoms with Gasteiger partial charge in [0.1, 0.15) is 11.6 Å². The molecule has 4 aliphatic rings. The summed E-state index contributed by atoms with van der Waals surface area (Å²) in [5.41, 5.74) is 8.52. The predicted octanol–water partition coefficient (Wildman–Crippen LogP) is 9.76. The number of aromatic nitrogens is 4. The highest BCUT2D eigenvalue weighted by Crippen LogP contribution is 2.38. The van der Waals surface area contributed by atoms with E-state index in [0.29, 0.717) is 66.3 Å². The second-order valence-electron chi connectivity index (χ2n) is 20.8. The number of nitrogens with one attached hydrogen (secondary N) is 2. The van der Waals surface area contributed by atoms with Crippen LogP contribution in [0.1, 0.15) is 107 Å². The molecule has 16 heteroatoms. The van der Waals surface area contributed by atoms with Crippen LogP contribution in [0.25, 0.3) is 32.2 Å². The van der Waals surface area contributed by atoms with Gasteiger partial charge in [-0.1, -0.05) is 61.1 Å². The Kier molecular flexibility index (Phi) is 13.9. The topological polar surface area (TPSA) is 175 Å². The van der Waals surface area contributed by atoms with Crippen LogP contribution in [-0.2, 0) is 29.6 Å². The lowest BCUT2D eigenvalue weighted by atomic mass is 9.83. The summed E-state index contributed by atoms with van der Waals surface area (Å²) >= 11 is 1.44. The van der Waals surface area contributed by atoms with Gasteiger partial charge >= 0.3 is 5.97 Å². The Bertz CT molecular complexity index is 3250. The number of piperazine rings is 1. The molecule has 3 amide bonds. The zero-order chi connectivity index (χ0) is 51.0. The van der Waals surface area contributed by atoms with Gasteiger partial charge in [0.15, 0.2) is 10.8 Å². The first kappa shape index (κ1) is 49.1. The zero-order valence-corrected chi connectivity index (χ0v) is 43.1. The van der Waals surface area contributed by atoms with Crippen LogP contribution in [0.3, 0.4) is 0 Å². The van der Waals surface area contributed by atoms with Gasteiger partial charge in [-0.05, 0) is 141 Å². The number of thiazole rings is 1. The number of carbonyl (C=O) groups excluding carboxylic acids is 3. The number of para-hydroxylation sites is 1. The maximum Gasteiger partial charge on any atom is 0.355 e. The van der Waals surface area contributed by atoms with Crippen LogP contribution in [-0.4, -0.2) is 98.8 Å². The average Bonchev–Trinajstić information content (AvgIpc) is 3.97. The number of hydrogen-bond acceptors (Lipinski definition) is 12. The van der Waals surface area contributed by atoms with Gasteiger partial charge in [0.25, 0.3) is 5.91 Å². The Hall–Kier alpha value is -7.17. The molecule has 15 nitrogen and oxygen atoms in total. The predicted molar refractivity (Wildman–Crippen MR) is 289 cm³/mol. The number of aromatic carboxylic acids is 1. The van der Waals surface area contributed by atoms with E-state index >= 15 is 0 Å². The molecule has 1 saturated carbocycles. The lowest BCUT2D eigenvalue weighted by Gasteiger charge is -2.37. The number of carboxylic acid groups (broad SMARTS) is 1. The molecule has 4 aromatic carbocycles. The average molecular weight is 1010 g/mol. The van der Waals surface area contributed by atoms with E-state index < -0.39 is 11.9 Å². The van der Waals surface area contributed by atoms with Crippen LogP contribution in [0.2, 0.25) is 0 Å². The summed E-state index contributed by atoms with van der Waals surface area (Å²) in [7, 11) is 1.92. The molecule has 3 fully saturated rings. The Morgan fingerprint density at radius 2 is 1.68 bits per heavy atom. The summed E-state index contributed by atoms with van der Waals surface area (Å²) < 4.78 is 9.57. The summed E-state index contributed by atoms with van der Waals surface area (Å²) in [5.74, 6) is 0.412. The van der Waals surface area contributed by atoms with Crippen molar-refractivity contribution in [1.82, 2.24) is 30.0 Å². The van der Waals surface area contributed by atoms with Crippen LogP contribution < -0.4 is 25.2 Å². The Balaban J connectivity index is 0.657. The first-order valence-electron chi connectivity index (χ1n) is 26.2. The number of hydrogen-bond donors (Lipinski definition) is 3. The van der Waals surface area contributed by atoms with E-state index in [2.05, 4.69) is 61.5 Å². The van der Waals surface area contributed by atoms with Gasteiger partial charge < -0.3 is 19.6 Å². The molecule has 7 aromatic rings. The fourth-order valence-electron chi connectivity index (χ4n) is 11.8. The van der Waals surface area contributed by atoms with Crippen LogP contribution in [0, 0.1) is 18.8 Å². The van der Waals surface area contributed by atoms with Gasteiger partial charge in [-0.3, -0.25) is 34.6 Å². The third-order valence-corrected chi connectivity index (χ3v) is 16.9. The highest BCUT2D eigenvalue weighted by molar-refractivity contribution is 7.22. The molecule has 0 radical (unpaired) electrons. The molecule has 3 N–H and O–H groups in total. The van der Waals surface area contributed by atoms with E-state index in [1.54, 1.807) is 0 Å². The molecule has 3 aromatic heterocycles. The van der Waals surface area contributed by atoms with Crippen LogP contribution in [0.15, 0.2) is 91.0 Å². The summed E-state index contributed by atoms with van der Waals surface area (Å²) in [6.07, 6.45) is 8.31. The second-order valence-corrected chi connectivity index (χ2v) is 21.8. The van der Waals surface area contributed by atoms with Crippen molar-refractivity contribution in [2.45, 2.75) is 90.2 Å². The summed E-state index contributed by atoms with van der Waals surface area (Å²) in [6.45, 7) is 10.5. The van der Waals surface area contributed by atoms with E-state index in [9.17, 15) is 24.3 Å². The number of nitrogens with zero attached hydrogens (tertiary/aromatic N) is 7. The Morgan fingerprint density at radius 3 is 2.47 bits per heavy atom. The number of rotatable bonds is 14. The molecule has 1 unspecified atom stereocenters. The van der Waals surface area contributed by atoms with E-state index in [0.717, 1.165) is 113 Å². The zero-order valence-electron chi connectivity index (χ0n) is 42.3. The number of fused-ring (bicyclic) bond motifs is 3. The van der Waals surface area contributed by atoms with E-state index in [1.807, 2.05) is 85.4 Å². The number of carbonyl (C=O) groups is 4. The lowest BCUT2D eigenvalue weighted by Crippen LogP contribution is -2.47. The maximum absolute atomic E-state index is 13.7. The van der Waals surface area contributed by atoms with Crippen molar-refractivity contribution < 1.29 is 29.0 Å². The highest BCUT2D eigenvalue weighted by atomic mass is 32.1. The number of pyridine rings is 1. The third-order valence-electron chi connectivity index (χ3n) is 15.9. The van der Waals surface area contributed by atoms with E-state index in [-0.39, 0.29) is 29.5 Å². The molecule has 3 aliphatic heterocycles. The minimum absolute atomic E-state index is 0.0176. The van der Waals surface area contributed by atoms with Crippen molar-refractivity contribution in [2.24, 2.45) is 18.9 Å². The Morgan fingerprint density at radius 1 is 0.865 bits per heavy atom. The smallest absolute Gasteiger partial charge is 0.355 e. The largest absolute Gasteiger partial charge is 0.490 e. The monoisotopic (exact) mass is 1010 g/mol. The van der Waals surface area contributed by atoms with Gasteiger partial charge in [0, 0.05) is 81.5 Å². The molecule has 1 aliphatic carbocycles. The minimum Gasteiger partial charge on any atom is -0.490 e. The number of amides is 3.